The van der Waals surface area contributed by atoms with E-state index in [0.717, 1.165) is 11.1 Å². The molecule has 2 N–H and O–H groups in total. The van der Waals surface area contributed by atoms with E-state index in [1.165, 1.54) is 0 Å². The topological polar surface area (TPSA) is 86.3 Å². The first-order valence-corrected chi connectivity index (χ1v) is 9.99. The molecule has 0 saturated carbocycles. The Morgan fingerprint density at radius 2 is 1.77 bits per heavy atom. The molecule has 1 atom stereocenters. The van der Waals surface area contributed by atoms with Gasteiger partial charge < -0.3 is 29.4 Å². The lowest BCUT2D eigenvalue weighted by Crippen LogP contribution is -2.32. The number of aliphatic hydroxyl groups is 1. The van der Waals surface area contributed by atoms with Crippen LogP contribution in [0.2, 0.25) is 0 Å². The molecule has 168 valence electrons. The number of amides is 1. The van der Waals surface area contributed by atoms with Crippen LogP contribution in [0.4, 0.5) is 0 Å². The van der Waals surface area contributed by atoms with Crippen molar-refractivity contribution in [3.05, 3.63) is 59.0 Å². The second-order valence-corrected chi connectivity index (χ2v) is 7.01. The van der Waals surface area contributed by atoms with Crippen molar-refractivity contribution in [1.82, 2.24) is 5.32 Å². The Balaban J connectivity index is 2.08. The lowest BCUT2D eigenvalue weighted by atomic mass is 10.0. The molecule has 1 unspecified atom stereocenters. The normalized spacial score (nSPS) is 15.9. The summed E-state index contributed by atoms with van der Waals surface area (Å²) < 4.78 is 21.5. The van der Waals surface area contributed by atoms with Gasteiger partial charge in [0.15, 0.2) is 11.5 Å². The summed E-state index contributed by atoms with van der Waals surface area (Å²) >= 11 is 0. The predicted octanol–water partition coefficient (Wildman–Crippen LogP) is 3.60. The summed E-state index contributed by atoms with van der Waals surface area (Å²) in [5.74, 6) is 1.66. The lowest BCUT2D eigenvalue weighted by Gasteiger charge is -2.19. The third kappa shape index (κ3) is 6.39. The van der Waals surface area contributed by atoms with E-state index in [1.54, 1.807) is 35.4 Å². The molecule has 0 aliphatic heterocycles. The molecule has 7 heteroatoms. The highest BCUT2D eigenvalue weighted by Crippen LogP contribution is 2.38. The summed E-state index contributed by atoms with van der Waals surface area (Å²) in [5.41, 5.74) is 2.68. The number of hydrogen-bond acceptors (Lipinski definition) is 6. The van der Waals surface area contributed by atoms with Crippen molar-refractivity contribution < 1.29 is 28.8 Å². The number of carbonyl (C=O) groups is 1. The highest BCUT2D eigenvalue weighted by Gasteiger charge is 2.18. The zero-order valence-corrected chi connectivity index (χ0v) is 18.7. The van der Waals surface area contributed by atoms with Crippen LogP contribution in [0.15, 0.2) is 53.5 Å². The molecule has 31 heavy (non-hydrogen) atoms. The van der Waals surface area contributed by atoms with Gasteiger partial charge in [0.25, 0.3) is 0 Å². The fraction of sp³-hybridized carbons (Fsp3) is 0.375. The van der Waals surface area contributed by atoms with Crippen molar-refractivity contribution >= 4 is 12.0 Å². The zero-order valence-electron chi connectivity index (χ0n) is 18.7. The molecular formula is C24H31NO6. The molecule has 1 aromatic rings. The predicted molar refractivity (Wildman–Crippen MR) is 120 cm³/mol. The lowest BCUT2D eigenvalue weighted by molar-refractivity contribution is -0.124. The van der Waals surface area contributed by atoms with Crippen molar-refractivity contribution in [1.29, 1.82) is 0 Å². The van der Waals surface area contributed by atoms with E-state index in [2.05, 4.69) is 11.4 Å². The Labute approximate surface area is 183 Å². The molecule has 0 heterocycles. The number of carbonyl (C=O) groups excluding carboxylic acids is 1. The fourth-order valence-electron chi connectivity index (χ4n) is 3.05. The molecule has 0 spiro atoms. The SMILES string of the molecule is COC1=C(NC(=O)C(C)CO)CC(=CCC=Cc2cc(OC)c(OC)c(OC)c2)C=C1. The molecule has 1 aromatic carbocycles. The van der Waals surface area contributed by atoms with Gasteiger partial charge in [0, 0.05) is 6.42 Å². The molecule has 7 nitrogen and oxygen atoms in total. The summed E-state index contributed by atoms with van der Waals surface area (Å²) in [4.78, 5) is 12.1. The van der Waals surface area contributed by atoms with Gasteiger partial charge in [-0.25, -0.2) is 0 Å². The zero-order chi connectivity index (χ0) is 22.8. The molecule has 0 fully saturated rings. The van der Waals surface area contributed by atoms with Gasteiger partial charge in [-0.3, -0.25) is 4.79 Å². The molecule has 0 aromatic heterocycles. The van der Waals surface area contributed by atoms with Crippen LogP contribution in [0.25, 0.3) is 6.08 Å². The van der Waals surface area contributed by atoms with Crippen LogP contribution in [0.3, 0.4) is 0 Å². The van der Waals surface area contributed by atoms with Gasteiger partial charge in [-0.1, -0.05) is 31.2 Å². The highest BCUT2D eigenvalue weighted by atomic mass is 16.5. The number of benzene rings is 1. The summed E-state index contributed by atoms with van der Waals surface area (Å²) in [7, 11) is 6.31. The average molecular weight is 430 g/mol. The summed E-state index contributed by atoms with van der Waals surface area (Å²) in [5, 5.41) is 12.0. The van der Waals surface area contributed by atoms with E-state index in [9.17, 15) is 9.90 Å². The average Bonchev–Trinajstić information content (AvgIpc) is 2.80. The largest absolute Gasteiger partial charge is 0.495 e. The van der Waals surface area contributed by atoms with E-state index < -0.39 is 5.92 Å². The number of allylic oxidation sites excluding steroid dienone is 5. The quantitative estimate of drug-likeness (QED) is 0.591. The van der Waals surface area contributed by atoms with Crippen LogP contribution in [0.1, 0.15) is 25.3 Å². The molecular weight excluding hydrogens is 398 g/mol. The Morgan fingerprint density at radius 3 is 2.32 bits per heavy atom. The number of aliphatic hydroxyl groups excluding tert-OH is 1. The van der Waals surface area contributed by atoms with E-state index in [1.807, 2.05) is 36.4 Å². The van der Waals surface area contributed by atoms with Gasteiger partial charge >= 0.3 is 0 Å². The van der Waals surface area contributed by atoms with Crippen LogP contribution in [0.5, 0.6) is 17.2 Å². The maximum Gasteiger partial charge on any atom is 0.229 e. The van der Waals surface area contributed by atoms with Gasteiger partial charge in [0.1, 0.15) is 5.76 Å². The molecule has 2 rings (SSSR count). The Bertz CT molecular complexity index is 872. The van der Waals surface area contributed by atoms with Crippen LogP contribution in [0, 0.1) is 5.92 Å². The van der Waals surface area contributed by atoms with Crippen molar-refractivity contribution in [2.75, 3.05) is 35.0 Å². The molecule has 1 aliphatic carbocycles. The summed E-state index contributed by atoms with van der Waals surface area (Å²) in [6.07, 6.45) is 11.1. The first kappa shape index (κ1) is 24.1. The van der Waals surface area contributed by atoms with Crippen LogP contribution >= 0.6 is 0 Å². The van der Waals surface area contributed by atoms with Gasteiger partial charge in [-0.05, 0) is 35.8 Å². The van der Waals surface area contributed by atoms with Crippen molar-refractivity contribution in [2.24, 2.45) is 5.92 Å². The minimum absolute atomic E-state index is 0.203. The van der Waals surface area contributed by atoms with E-state index in [-0.39, 0.29) is 12.5 Å². The van der Waals surface area contributed by atoms with Crippen LogP contribution in [-0.4, -0.2) is 46.1 Å². The Morgan fingerprint density at radius 1 is 1.10 bits per heavy atom. The van der Waals surface area contributed by atoms with Crippen LogP contribution in [-0.2, 0) is 9.53 Å². The maximum atomic E-state index is 12.1. The summed E-state index contributed by atoms with van der Waals surface area (Å²) in [6, 6.07) is 3.77. The number of ether oxygens (including phenoxy) is 4. The molecule has 0 radical (unpaired) electrons. The molecule has 0 saturated heterocycles. The third-order valence-electron chi connectivity index (χ3n) is 4.86. The van der Waals surface area contributed by atoms with Gasteiger partial charge in [0.2, 0.25) is 11.7 Å². The molecule has 0 bridgehead atoms. The number of methoxy groups -OCH3 is 4. The standard InChI is InChI=1S/C24H31NO6/c1-16(15-26)24(27)25-19-12-17(10-11-20(19)28-2)8-6-7-9-18-13-21(29-3)23(31-5)22(14-18)30-4/h7-11,13-14,16,26H,6,12,15H2,1-5H3,(H,25,27). The van der Waals surface area contributed by atoms with E-state index in [4.69, 9.17) is 18.9 Å². The highest BCUT2D eigenvalue weighted by molar-refractivity contribution is 5.80. The van der Waals surface area contributed by atoms with Gasteiger partial charge in [-0.2, -0.15) is 0 Å². The van der Waals surface area contributed by atoms with Gasteiger partial charge in [-0.15, -0.1) is 0 Å². The number of hydrogen-bond donors (Lipinski definition) is 2. The summed E-state index contributed by atoms with van der Waals surface area (Å²) in [6.45, 7) is 1.47. The van der Waals surface area contributed by atoms with E-state index in [0.29, 0.717) is 41.5 Å². The van der Waals surface area contributed by atoms with Crippen molar-refractivity contribution in [2.45, 2.75) is 19.8 Å². The first-order chi connectivity index (χ1) is 15.0. The Hall–Kier alpha value is -3.19. The van der Waals surface area contributed by atoms with Crippen molar-refractivity contribution in [3.63, 3.8) is 0 Å². The van der Waals surface area contributed by atoms with E-state index >= 15 is 0 Å². The monoisotopic (exact) mass is 429 g/mol. The number of rotatable bonds is 10. The third-order valence-corrected chi connectivity index (χ3v) is 4.86. The molecule has 1 amide bonds. The minimum Gasteiger partial charge on any atom is -0.495 e. The number of nitrogens with one attached hydrogen (secondary N) is 1. The van der Waals surface area contributed by atoms with Gasteiger partial charge in [0.05, 0.1) is 46.7 Å². The second-order valence-electron chi connectivity index (χ2n) is 7.01. The fourth-order valence-corrected chi connectivity index (χ4v) is 3.05. The smallest absolute Gasteiger partial charge is 0.229 e. The van der Waals surface area contributed by atoms with Crippen molar-refractivity contribution in [3.8, 4) is 17.2 Å². The van der Waals surface area contributed by atoms with Crippen LogP contribution < -0.4 is 19.5 Å². The Kier molecular flexibility index (Phi) is 9.21. The maximum absolute atomic E-state index is 12.1. The first-order valence-electron chi connectivity index (χ1n) is 9.99. The minimum atomic E-state index is -0.481. The molecule has 1 aliphatic rings. The second kappa shape index (κ2) is 11.9.